The number of halogens is 2. The summed E-state index contributed by atoms with van der Waals surface area (Å²) in [6, 6.07) is 7.81. The van der Waals surface area contributed by atoms with Gasteiger partial charge in [0, 0.05) is 11.8 Å². The molecule has 1 N–H and O–H groups in total. The molecule has 1 aliphatic rings. The Morgan fingerprint density at radius 1 is 1.22 bits per heavy atom. The zero-order valence-electron chi connectivity index (χ0n) is 9.60. The second-order valence-corrected chi connectivity index (χ2v) is 5.69. The maximum Gasteiger partial charge on any atom is 0.161 e. The predicted molar refractivity (Wildman–Crippen MR) is 78.9 cm³/mol. The van der Waals surface area contributed by atoms with Crippen molar-refractivity contribution in [3.05, 3.63) is 29.4 Å². The molecule has 0 bridgehead atoms. The van der Waals surface area contributed by atoms with Crippen molar-refractivity contribution >= 4 is 46.8 Å². The van der Waals surface area contributed by atoms with Crippen molar-refractivity contribution in [2.45, 2.75) is 16.7 Å². The Kier molecular flexibility index (Phi) is 4.67. The maximum atomic E-state index is 6.17. The van der Waals surface area contributed by atoms with E-state index < -0.39 is 0 Å². The van der Waals surface area contributed by atoms with E-state index in [-0.39, 0.29) is 12.4 Å². The first kappa shape index (κ1) is 13.9. The second kappa shape index (κ2) is 6.06. The molecule has 1 aliphatic heterocycles. The van der Waals surface area contributed by atoms with E-state index in [1.54, 1.807) is 11.8 Å². The predicted octanol–water partition coefficient (Wildman–Crippen LogP) is 3.16. The normalized spacial score (nSPS) is 18.8. The van der Waals surface area contributed by atoms with E-state index in [1.807, 2.05) is 24.3 Å². The molecule has 6 heteroatoms. The van der Waals surface area contributed by atoms with E-state index in [9.17, 15) is 0 Å². The molecule has 0 unspecified atom stereocenters. The number of hydrogen-bond donors (Lipinski definition) is 1. The van der Waals surface area contributed by atoms with Crippen molar-refractivity contribution in [2.24, 2.45) is 0 Å². The average molecular weight is 302 g/mol. The fourth-order valence-corrected chi connectivity index (χ4v) is 3.24. The molecular formula is C12H13Cl2N3S. The van der Waals surface area contributed by atoms with Crippen molar-refractivity contribution in [2.75, 3.05) is 13.1 Å². The highest BCUT2D eigenvalue weighted by atomic mass is 35.5. The van der Waals surface area contributed by atoms with Crippen LogP contribution in [-0.4, -0.2) is 28.3 Å². The molecular weight excluding hydrogens is 289 g/mol. The smallest absolute Gasteiger partial charge is 0.161 e. The molecule has 3 rings (SSSR count). The van der Waals surface area contributed by atoms with Gasteiger partial charge in [-0.1, -0.05) is 35.5 Å². The SMILES string of the molecule is Cl.Clc1nc2ccccc2nc1S[C@H]1CCNC1. The van der Waals surface area contributed by atoms with Crippen molar-refractivity contribution in [1.82, 2.24) is 15.3 Å². The monoisotopic (exact) mass is 301 g/mol. The molecule has 1 aromatic carbocycles. The Morgan fingerprint density at radius 2 is 1.94 bits per heavy atom. The second-order valence-electron chi connectivity index (χ2n) is 4.04. The molecule has 0 aliphatic carbocycles. The highest BCUT2D eigenvalue weighted by molar-refractivity contribution is 8.00. The average Bonchev–Trinajstić information content (AvgIpc) is 2.83. The van der Waals surface area contributed by atoms with Crippen molar-refractivity contribution in [3.8, 4) is 0 Å². The Bertz CT molecular complexity index is 544. The van der Waals surface area contributed by atoms with Gasteiger partial charge in [0.2, 0.25) is 0 Å². The molecule has 1 fully saturated rings. The van der Waals surface area contributed by atoms with Crippen LogP contribution < -0.4 is 5.32 Å². The van der Waals surface area contributed by atoms with Gasteiger partial charge in [-0.3, -0.25) is 0 Å². The summed E-state index contributed by atoms with van der Waals surface area (Å²) in [7, 11) is 0. The van der Waals surface area contributed by atoms with Crippen molar-refractivity contribution < 1.29 is 0 Å². The fraction of sp³-hybridized carbons (Fsp3) is 0.333. The Balaban J connectivity index is 0.00000120. The number of nitrogens with one attached hydrogen (secondary N) is 1. The van der Waals surface area contributed by atoms with Crippen LogP contribution in [-0.2, 0) is 0 Å². The van der Waals surface area contributed by atoms with Crippen LogP contribution >= 0.6 is 35.8 Å². The molecule has 1 aromatic heterocycles. The molecule has 0 amide bonds. The fourth-order valence-electron chi connectivity index (χ4n) is 1.92. The Labute approximate surface area is 121 Å². The lowest BCUT2D eigenvalue weighted by Crippen LogP contribution is -2.10. The van der Waals surface area contributed by atoms with Gasteiger partial charge in [0.25, 0.3) is 0 Å². The number of rotatable bonds is 2. The summed E-state index contributed by atoms with van der Waals surface area (Å²) in [4.78, 5) is 8.96. The summed E-state index contributed by atoms with van der Waals surface area (Å²) in [6.45, 7) is 2.10. The zero-order valence-corrected chi connectivity index (χ0v) is 12.0. The number of benzene rings is 1. The van der Waals surface area contributed by atoms with Gasteiger partial charge >= 0.3 is 0 Å². The summed E-state index contributed by atoms with van der Waals surface area (Å²) in [5.41, 5.74) is 1.76. The van der Waals surface area contributed by atoms with Gasteiger partial charge in [0.15, 0.2) is 5.15 Å². The highest BCUT2D eigenvalue weighted by Crippen LogP contribution is 2.31. The zero-order chi connectivity index (χ0) is 11.7. The van der Waals surface area contributed by atoms with Gasteiger partial charge in [0.05, 0.1) is 11.0 Å². The quantitative estimate of drug-likeness (QED) is 0.925. The standard InChI is InChI=1S/C12H12ClN3S.ClH/c13-11-12(17-8-5-6-14-7-8)16-10-4-2-1-3-9(10)15-11;/h1-4,8,14H,5-7H2;1H/t8-;/m0./s1. The summed E-state index contributed by atoms with van der Waals surface area (Å²) in [5.74, 6) is 0. The lowest BCUT2D eigenvalue weighted by atomic mass is 10.3. The van der Waals surface area contributed by atoms with E-state index in [4.69, 9.17) is 11.6 Å². The highest BCUT2D eigenvalue weighted by Gasteiger charge is 2.18. The molecule has 1 atom stereocenters. The Hall–Kier alpha value is -0.550. The molecule has 0 spiro atoms. The van der Waals surface area contributed by atoms with Crippen LogP contribution in [0.4, 0.5) is 0 Å². The van der Waals surface area contributed by atoms with Crippen LogP contribution in [0.25, 0.3) is 11.0 Å². The summed E-state index contributed by atoms with van der Waals surface area (Å²) in [5, 5.41) is 5.26. The third-order valence-electron chi connectivity index (χ3n) is 2.79. The third-order valence-corrected chi connectivity index (χ3v) is 4.41. The molecule has 1 saturated heterocycles. The van der Waals surface area contributed by atoms with Crippen LogP contribution in [0.1, 0.15) is 6.42 Å². The minimum atomic E-state index is 0. The number of thioether (sulfide) groups is 1. The number of hydrogen-bond acceptors (Lipinski definition) is 4. The maximum absolute atomic E-state index is 6.17. The number of para-hydroxylation sites is 2. The van der Waals surface area contributed by atoms with Gasteiger partial charge in [-0.15, -0.1) is 12.4 Å². The third kappa shape index (κ3) is 2.88. The first-order valence-corrected chi connectivity index (χ1v) is 6.88. The van der Waals surface area contributed by atoms with Crippen LogP contribution in [0, 0.1) is 0 Å². The summed E-state index contributed by atoms with van der Waals surface area (Å²) >= 11 is 7.89. The lowest BCUT2D eigenvalue weighted by molar-refractivity contribution is 0.858. The number of nitrogens with zero attached hydrogens (tertiary/aromatic N) is 2. The molecule has 0 radical (unpaired) electrons. The first-order valence-electron chi connectivity index (χ1n) is 5.62. The molecule has 0 saturated carbocycles. The largest absolute Gasteiger partial charge is 0.316 e. The molecule has 3 nitrogen and oxygen atoms in total. The van der Waals surface area contributed by atoms with Crippen molar-refractivity contribution in [1.29, 1.82) is 0 Å². The first-order chi connectivity index (χ1) is 8.33. The van der Waals surface area contributed by atoms with E-state index in [0.29, 0.717) is 10.4 Å². The summed E-state index contributed by atoms with van der Waals surface area (Å²) < 4.78 is 0. The minimum absolute atomic E-state index is 0. The van der Waals surface area contributed by atoms with Crippen LogP contribution in [0.2, 0.25) is 5.15 Å². The van der Waals surface area contributed by atoms with Gasteiger partial charge in [0.1, 0.15) is 5.03 Å². The summed E-state index contributed by atoms with van der Waals surface area (Å²) in [6.07, 6.45) is 1.16. The number of aromatic nitrogens is 2. The Morgan fingerprint density at radius 3 is 2.61 bits per heavy atom. The molecule has 96 valence electrons. The number of fused-ring (bicyclic) bond motifs is 1. The van der Waals surface area contributed by atoms with E-state index >= 15 is 0 Å². The van der Waals surface area contributed by atoms with Gasteiger partial charge < -0.3 is 5.32 Å². The lowest BCUT2D eigenvalue weighted by Gasteiger charge is -2.09. The van der Waals surface area contributed by atoms with Gasteiger partial charge in [-0.05, 0) is 25.1 Å². The van der Waals surface area contributed by atoms with E-state index in [0.717, 1.165) is 35.6 Å². The molecule has 2 aromatic rings. The van der Waals surface area contributed by atoms with E-state index in [2.05, 4.69) is 15.3 Å². The molecule has 2 heterocycles. The molecule has 18 heavy (non-hydrogen) atoms. The van der Waals surface area contributed by atoms with Crippen LogP contribution in [0.5, 0.6) is 0 Å². The van der Waals surface area contributed by atoms with Crippen LogP contribution in [0.15, 0.2) is 29.3 Å². The van der Waals surface area contributed by atoms with Gasteiger partial charge in [-0.25, -0.2) is 9.97 Å². The topological polar surface area (TPSA) is 37.8 Å². The van der Waals surface area contributed by atoms with E-state index in [1.165, 1.54) is 0 Å². The van der Waals surface area contributed by atoms with Gasteiger partial charge in [-0.2, -0.15) is 0 Å². The van der Waals surface area contributed by atoms with Crippen molar-refractivity contribution in [3.63, 3.8) is 0 Å². The minimum Gasteiger partial charge on any atom is -0.316 e. The van der Waals surface area contributed by atoms with Crippen LogP contribution in [0.3, 0.4) is 0 Å².